The third-order valence-electron chi connectivity index (χ3n) is 5.76. The van der Waals surface area contributed by atoms with Crippen LogP contribution < -0.4 is 10.1 Å². The second-order valence-electron chi connectivity index (χ2n) is 8.01. The van der Waals surface area contributed by atoms with Crippen molar-refractivity contribution in [3.8, 4) is 5.75 Å². The minimum atomic E-state index is -0.173. The van der Waals surface area contributed by atoms with Gasteiger partial charge in [-0.05, 0) is 49.2 Å². The highest BCUT2D eigenvalue weighted by Crippen LogP contribution is 2.21. The quantitative estimate of drug-likeness (QED) is 0.564. The number of aromatic nitrogens is 2. The lowest BCUT2D eigenvalue weighted by Gasteiger charge is -2.31. The molecule has 0 spiro atoms. The third-order valence-corrected chi connectivity index (χ3v) is 5.76. The number of carbonyl (C=O) groups excluding carboxylic acids is 3. The van der Waals surface area contributed by atoms with E-state index in [2.05, 4.69) is 10.3 Å². The Bertz CT molecular complexity index is 1120. The molecule has 1 aliphatic rings. The van der Waals surface area contributed by atoms with Gasteiger partial charge in [0.2, 0.25) is 11.7 Å². The first-order chi connectivity index (χ1) is 16.0. The van der Waals surface area contributed by atoms with E-state index in [1.807, 2.05) is 30.3 Å². The number of hydrogen-bond donors (Lipinski definition) is 1. The fourth-order valence-corrected chi connectivity index (χ4v) is 3.81. The van der Waals surface area contributed by atoms with E-state index in [-0.39, 0.29) is 30.1 Å². The second-order valence-corrected chi connectivity index (χ2v) is 8.01. The number of ether oxygens (including phenoxy) is 1. The van der Waals surface area contributed by atoms with Crippen molar-refractivity contribution in [1.29, 1.82) is 0 Å². The minimum absolute atomic E-state index is 0.00970. The Morgan fingerprint density at radius 3 is 2.36 bits per heavy atom. The molecule has 1 aliphatic heterocycles. The van der Waals surface area contributed by atoms with E-state index in [9.17, 15) is 14.4 Å². The van der Waals surface area contributed by atoms with Crippen LogP contribution in [0, 0.1) is 5.92 Å². The number of amides is 2. The summed E-state index contributed by atoms with van der Waals surface area (Å²) < 4.78 is 7.20. The molecule has 8 nitrogen and oxygen atoms in total. The number of carbonyl (C=O) groups is 3. The average Bonchev–Trinajstić information content (AvgIpc) is 3.29. The number of ketones is 1. The van der Waals surface area contributed by atoms with Crippen molar-refractivity contribution < 1.29 is 19.1 Å². The molecule has 4 rings (SSSR count). The Morgan fingerprint density at radius 2 is 1.73 bits per heavy atom. The van der Waals surface area contributed by atoms with E-state index in [1.165, 1.54) is 0 Å². The lowest BCUT2D eigenvalue weighted by molar-refractivity contribution is -0.136. The zero-order valence-electron chi connectivity index (χ0n) is 18.4. The number of nitrogens with one attached hydrogen (secondary N) is 1. The van der Waals surface area contributed by atoms with Crippen molar-refractivity contribution in [2.45, 2.75) is 12.8 Å². The fraction of sp³-hybridized carbons (Fsp3) is 0.280. The molecule has 1 saturated heterocycles. The number of aryl methyl sites for hydroxylation is 1. The van der Waals surface area contributed by atoms with Crippen LogP contribution in [0.15, 0.2) is 67.0 Å². The lowest BCUT2D eigenvalue weighted by Crippen LogP contribution is -2.43. The van der Waals surface area contributed by atoms with Crippen LogP contribution in [0.5, 0.6) is 5.75 Å². The molecule has 0 radical (unpaired) electrons. The molecule has 33 heavy (non-hydrogen) atoms. The van der Waals surface area contributed by atoms with Gasteiger partial charge in [-0.25, -0.2) is 4.98 Å². The van der Waals surface area contributed by atoms with Crippen molar-refractivity contribution >= 4 is 23.3 Å². The highest BCUT2D eigenvalue weighted by Gasteiger charge is 2.27. The van der Waals surface area contributed by atoms with Gasteiger partial charge in [-0.2, -0.15) is 0 Å². The van der Waals surface area contributed by atoms with Crippen LogP contribution in [-0.2, 0) is 16.6 Å². The van der Waals surface area contributed by atoms with Crippen LogP contribution in [0.4, 0.5) is 5.69 Å². The number of rotatable bonds is 7. The van der Waals surface area contributed by atoms with Crippen molar-refractivity contribution in [2.75, 3.05) is 25.0 Å². The molecule has 0 aliphatic carbocycles. The summed E-state index contributed by atoms with van der Waals surface area (Å²) in [5.41, 5.74) is 1.14. The van der Waals surface area contributed by atoms with E-state index in [0.29, 0.717) is 48.8 Å². The van der Waals surface area contributed by atoms with Crippen LogP contribution in [0.1, 0.15) is 29.0 Å². The maximum atomic E-state index is 12.7. The first-order valence-corrected chi connectivity index (χ1v) is 10.9. The number of hydrogen-bond acceptors (Lipinski definition) is 5. The van der Waals surface area contributed by atoms with Gasteiger partial charge >= 0.3 is 0 Å². The summed E-state index contributed by atoms with van der Waals surface area (Å²) in [4.78, 5) is 43.4. The van der Waals surface area contributed by atoms with Gasteiger partial charge in [0.15, 0.2) is 12.4 Å². The highest BCUT2D eigenvalue weighted by molar-refractivity contribution is 6.07. The summed E-state index contributed by atoms with van der Waals surface area (Å²) in [7, 11) is 1.77. The van der Waals surface area contributed by atoms with Gasteiger partial charge in [0.05, 0.1) is 0 Å². The van der Waals surface area contributed by atoms with Gasteiger partial charge in [-0.1, -0.05) is 18.2 Å². The van der Waals surface area contributed by atoms with Gasteiger partial charge in [0.1, 0.15) is 5.75 Å². The number of para-hydroxylation sites is 1. The van der Waals surface area contributed by atoms with E-state index in [0.717, 1.165) is 0 Å². The maximum absolute atomic E-state index is 12.7. The molecule has 3 aromatic rings. The van der Waals surface area contributed by atoms with Crippen molar-refractivity contribution in [1.82, 2.24) is 14.5 Å². The molecule has 1 fully saturated rings. The highest BCUT2D eigenvalue weighted by atomic mass is 16.5. The number of imidazole rings is 1. The van der Waals surface area contributed by atoms with Gasteiger partial charge in [0.25, 0.3) is 5.91 Å². The van der Waals surface area contributed by atoms with Crippen LogP contribution in [-0.4, -0.2) is 51.7 Å². The average molecular weight is 447 g/mol. The van der Waals surface area contributed by atoms with Gasteiger partial charge in [-0.3, -0.25) is 14.4 Å². The largest absolute Gasteiger partial charge is 0.484 e. The SMILES string of the molecule is Cn1ccnc1C(=O)c1ccc(NC(=O)C2CCN(C(=O)COc3ccccc3)CC2)cc1. The normalized spacial score (nSPS) is 14.0. The summed E-state index contributed by atoms with van der Waals surface area (Å²) >= 11 is 0. The molecule has 0 bridgehead atoms. The number of likely N-dealkylation sites (tertiary alicyclic amines) is 1. The molecule has 2 aromatic carbocycles. The second kappa shape index (κ2) is 10.1. The predicted molar refractivity (Wildman–Crippen MR) is 123 cm³/mol. The Kier molecular flexibility index (Phi) is 6.83. The smallest absolute Gasteiger partial charge is 0.260 e. The van der Waals surface area contributed by atoms with Crippen molar-refractivity contribution in [3.63, 3.8) is 0 Å². The fourth-order valence-electron chi connectivity index (χ4n) is 3.81. The third kappa shape index (κ3) is 5.46. The minimum Gasteiger partial charge on any atom is -0.484 e. The van der Waals surface area contributed by atoms with Crippen LogP contribution in [0.25, 0.3) is 0 Å². The van der Waals surface area contributed by atoms with Crippen molar-refractivity contribution in [3.05, 3.63) is 78.4 Å². The van der Waals surface area contributed by atoms with Gasteiger partial charge in [-0.15, -0.1) is 0 Å². The molecular formula is C25H26N4O4. The molecule has 2 amide bonds. The van der Waals surface area contributed by atoms with E-state index < -0.39 is 0 Å². The Morgan fingerprint density at radius 1 is 1.03 bits per heavy atom. The lowest BCUT2D eigenvalue weighted by atomic mass is 9.95. The predicted octanol–water partition coefficient (Wildman–Crippen LogP) is 2.91. The van der Waals surface area contributed by atoms with Crippen LogP contribution in [0.3, 0.4) is 0 Å². The molecule has 8 heteroatoms. The monoisotopic (exact) mass is 446 g/mol. The summed E-state index contributed by atoms with van der Waals surface area (Å²) in [6.45, 7) is 1.03. The van der Waals surface area contributed by atoms with Gasteiger partial charge < -0.3 is 19.5 Å². The summed E-state index contributed by atoms with van der Waals surface area (Å²) in [6.07, 6.45) is 4.49. The Hall–Kier alpha value is -3.94. The molecule has 0 unspecified atom stereocenters. The first-order valence-electron chi connectivity index (χ1n) is 10.9. The summed E-state index contributed by atoms with van der Waals surface area (Å²) in [5.74, 6) is 0.526. The van der Waals surface area contributed by atoms with E-state index >= 15 is 0 Å². The molecule has 1 aromatic heterocycles. The van der Waals surface area contributed by atoms with E-state index in [1.54, 1.807) is 53.2 Å². The summed E-state index contributed by atoms with van der Waals surface area (Å²) in [6, 6.07) is 16.0. The molecule has 0 saturated carbocycles. The molecule has 1 N–H and O–H groups in total. The van der Waals surface area contributed by atoms with E-state index in [4.69, 9.17) is 4.74 Å². The number of nitrogens with zero attached hydrogens (tertiary/aromatic N) is 3. The zero-order chi connectivity index (χ0) is 23.2. The molecular weight excluding hydrogens is 420 g/mol. The van der Waals surface area contributed by atoms with Gasteiger partial charge in [0, 0.05) is 49.7 Å². The first kappa shape index (κ1) is 22.3. The standard InChI is InChI=1S/C25H26N4O4/c1-28-16-13-26-24(28)23(31)18-7-9-20(10-8-18)27-25(32)19-11-14-29(15-12-19)22(30)17-33-21-5-3-2-4-6-21/h2-10,13,16,19H,11-12,14-15,17H2,1H3,(H,27,32). The van der Waals surface area contributed by atoms with Crippen LogP contribution >= 0.6 is 0 Å². The number of benzene rings is 2. The topological polar surface area (TPSA) is 93.5 Å². The number of piperidine rings is 1. The Balaban J connectivity index is 1.25. The number of anilines is 1. The van der Waals surface area contributed by atoms with Crippen LogP contribution in [0.2, 0.25) is 0 Å². The maximum Gasteiger partial charge on any atom is 0.260 e. The molecule has 0 atom stereocenters. The molecule has 170 valence electrons. The van der Waals surface area contributed by atoms with Crippen molar-refractivity contribution in [2.24, 2.45) is 13.0 Å². The summed E-state index contributed by atoms with van der Waals surface area (Å²) in [5, 5.41) is 2.92. The zero-order valence-corrected chi connectivity index (χ0v) is 18.4. The Labute approximate surface area is 192 Å². The molecule has 2 heterocycles.